The second-order valence-electron chi connectivity index (χ2n) is 5.83. The van der Waals surface area contributed by atoms with Gasteiger partial charge in [-0.25, -0.2) is 0 Å². The van der Waals surface area contributed by atoms with Crippen molar-refractivity contribution in [3.63, 3.8) is 0 Å². The molecule has 0 nitrogen and oxygen atoms in total. The van der Waals surface area contributed by atoms with E-state index in [1.54, 1.807) is 16.9 Å². The van der Waals surface area contributed by atoms with E-state index in [4.69, 9.17) is 0 Å². The van der Waals surface area contributed by atoms with E-state index in [2.05, 4.69) is 70.5 Å². The first kappa shape index (κ1) is 21.3. The average molecular weight is 337 g/mol. The molecule has 1 atom stereocenters. The molecule has 0 bridgehead atoms. The van der Waals surface area contributed by atoms with Crippen LogP contribution in [0.2, 0.25) is 0 Å². The molecule has 0 N–H and O–H groups in total. The van der Waals surface area contributed by atoms with Crippen LogP contribution in [-0.2, 0) is 0 Å². The van der Waals surface area contributed by atoms with Crippen molar-refractivity contribution < 1.29 is 0 Å². The molecule has 0 aromatic carbocycles. The Balaban J connectivity index is 0.000000294. The highest BCUT2D eigenvalue weighted by atomic mass is 32.2. The van der Waals surface area contributed by atoms with E-state index in [-0.39, 0.29) is 7.43 Å². The number of allylic oxidation sites excluding steroid dienone is 5. The van der Waals surface area contributed by atoms with Gasteiger partial charge in [0.15, 0.2) is 0 Å². The fourth-order valence-corrected chi connectivity index (χ4v) is 3.61. The van der Waals surface area contributed by atoms with Crippen molar-refractivity contribution >= 4 is 23.1 Å². The molecule has 1 aromatic rings. The Labute approximate surface area is 146 Å². The van der Waals surface area contributed by atoms with Crippen LogP contribution in [0.1, 0.15) is 52.0 Å². The van der Waals surface area contributed by atoms with Crippen LogP contribution in [0.5, 0.6) is 0 Å². The van der Waals surface area contributed by atoms with Crippen molar-refractivity contribution in [2.75, 3.05) is 5.75 Å². The van der Waals surface area contributed by atoms with Crippen molar-refractivity contribution in [2.45, 2.75) is 55.4 Å². The summed E-state index contributed by atoms with van der Waals surface area (Å²) in [6.07, 6.45) is 5.55. The van der Waals surface area contributed by atoms with Gasteiger partial charge >= 0.3 is 0 Å². The first-order valence-corrected chi connectivity index (χ1v) is 9.46. The highest BCUT2D eigenvalue weighted by Crippen LogP contribution is 2.26. The zero-order valence-corrected chi connectivity index (χ0v) is 15.8. The van der Waals surface area contributed by atoms with Crippen LogP contribution >= 0.6 is 23.1 Å². The Bertz CT molecular complexity index is 513. The number of thiophene rings is 1. The number of aryl methyl sites for hydroxylation is 2. The van der Waals surface area contributed by atoms with E-state index in [0.717, 1.165) is 5.92 Å². The van der Waals surface area contributed by atoms with Crippen molar-refractivity contribution in [2.24, 2.45) is 5.92 Å². The van der Waals surface area contributed by atoms with Gasteiger partial charge < -0.3 is 0 Å². The lowest BCUT2D eigenvalue weighted by Crippen LogP contribution is -1.90. The molecule has 22 heavy (non-hydrogen) atoms. The van der Waals surface area contributed by atoms with Crippen LogP contribution in [0.25, 0.3) is 0 Å². The minimum Gasteiger partial charge on any atom is -0.149 e. The third kappa shape index (κ3) is 7.51. The Morgan fingerprint density at radius 1 is 1.09 bits per heavy atom. The second-order valence-corrected chi connectivity index (χ2v) is 7.85. The van der Waals surface area contributed by atoms with Crippen molar-refractivity contribution in [1.29, 1.82) is 0 Å². The van der Waals surface area contributed by atoms with Gasteiger partial charge in [-0.1, -0.05) is 43.2 Å². The van der Waals surface area contributed by atoms with Crippen LogP contribution in [0.4, 0.5) is 0 Å². The summed E-state index contributed by atoms with van der Waals surface area (Å²) >= 11 is 3.73. The van der Waals surface area contributed by atoms with Gasteiger partial charge in [-0.2, -0.15) is 0 Å². The smallest absolute Gasteiger partial charge is 0.00433 e. The lowest BCUT2D eigenvalue weighted by molar-refractivity contribution is 0.798. The Morgan fingerprint density at radius 2 is 1.77 bits per heavy atom. The molecule has 0 saturated heterocycles. The fraction of sp³-hybridized carbons (Fsp3) is 0.500. The van der Waals surface area contributed by atoms with Crippen LogP contribution in [0.15, 0.2) is 45.7 Å². The summed E-state index contributed by atoms with van der Waals surface area (Å²) in [5.41, 5.74) is 5.91. The summed E-state index contributed by atoms with van der Waals surface area (Å²) in [7, 11) is 0. The highest BCUT2D eigenvalue weighted by molar-refractivity contribution is 8.02. The zero-order valence-electron chi connectivity index (χ0n) is 14.2. The van der Waals surface area contributed by atoms with Gasteiger partial charge in [-0.3, -0.25) is 0 Å². The molecule has 1 aromatic heterocycles. The van der Waals surface area contributed by atoms with E-state index in [9.17, 15) is 0 Å². The van der Waals surface area contributed by atoms with E-state index < -0.39 is 0 Å². The second kappa shape index (κ2) is 10.9. The van der Waals surface area contributed by atoms with Gasteiger partial charge in [-0.05, 0) is 69.4 Å². The Hall–Kier alpha value is -0.730. The van der Waals surface area contributed by atoms with Crippen molar-refractivity contribution in [1.82, 2.24) is 0 Å². The predicted octanol–water partition coefficient (Wildman–Crippen LogP) is 7.56. The summed E-state index contributed by atoms with van der Waals surface area (Å²) in [5, 5.41) is 4.37. The summed E-state index contributed by atoms with van der Waals surface area (Å²) in [4.78, 5) is 1.43. The van der Waals surface area contributed by atoms with E-state index in [1.165, 1.54) is 33.8 Å². The predicted molar refractivity (Wildman–Crippen MR) is 108 cm³/mol. The van der Waals surface area contributed by atoms with Crippen LogP contribution in [0, 0.1) is 19.8 Å². The van der Waals surface area contributed by atoms with E-state index in [0.29, 0.717) is 0 Å². The van der Waals surface area contributed by atoms with Gasteiger partial charge in [0.25, 0.3) is 0 Å². The molecule has 124 valence electrons. The van der Waals surface area contributed by atoms with Crippen LogP contribution in [0.3, 0.4) is 0 Å². The minimum atomic E-state index is 0. The largest absolute Gasteiger partial charge is 0.149 e. The maximum Gasteiger partial charge on any atom is 0.00433 e. The van der Waals surface area contributed by atoms with Gasteiger partial charge in [0, 0.05) is 10.6 Å². The molecule has 2 heteroatoms. The van der Waals surface area contributed by atoms with Gasteiger partial charge in [0.2, 0.25) is 0 Å². The molecule has 2 heterocycles. The first-order valence-electron chi connectivity index (χ1n) is 7.53. The molecule has 1 unspecified atom stereocenters. The summed E-state index contributed by atoms with van der Waals surface area (Å²) in [6, 6.07) is 2.14. The highest BCUT2D eigenvalue weighted by Gasteiger charge is 2.08. The topological polar surface area (TPSA) is 0 Å². The molecule has 0 fully saturated rings. The lowest BCUT2D eigenvalue weighted by Gasteiger charge is -1.97. The Kier molecular flexibility index (Phi) is 10.5. The first-order chi connectivity index (χ1) is 9.91. The number of hydrogen-bond donors (Lipinski definition) is 0. The summed E-state index contributed by atoms with van der Waals surface area (Å²) in [5.74, 6) is 2.14. The molecule has 0 spiro atoms. The van der Waals surface area contributed by atoms with Crippen LogP contribution in [-0.4, -0.2) is 5.75 Å². The number of rotatable bonds is 0. The summed E-state index contributed by atoms with van der Waals surface area (Å²) in [6.45, 7) is 13.1. The minimum absolute atomic E-state index is 0. The number of thioether (sulfide) groups is 1. The van der Waals surface area contributed by atoms with E-state index in [1.807, 2.05) is 11.8 Å². The molecular formula is C20H32S2. The molecule has 1 aliphatic carbocycles. The van der Waals surface area contributed by atoms with Gasteiger partial charge in [0.1, 0.15) is 0 Å². The maximum absolute atomic E-state index is 2.27. The average Bonchev–Trinajstić information content (AvgIpc) is 3.11. The number of hydrogen-bond acceptors (Lipinski definition) is 2. The van der Waals surface area contributed by atoms with E-state index >= 15 is 0 Å². The summed E-state index contributed by atoms with van der Waals surface area (Å²) < 4.78 is 0. The van der Waals surface area contributed by atoms with Crippen molar-refractivity contribution in [3.05, 3.63) is 56.2 Å². The third-order valence-corrected chi connectivity index (χ3v) is 6.15. The van der Waals surface area contributed by atoms with Gasteiger partial charge in [0.05, 0.1) is 0 Å². The molecular weight excluding hydrogens is 304 g/mol. The Morgan fingerprint density at radius 3 is 1.91 bits per heavy atom. The molecule has 0 amide bonds. The monoisotopic (exact) mass is 336 g/mol. The third-order valence-electron chi connectivity index (χ3n) is 3.98. The molecule has 2 aliphatic rings. The SMILES string of the molecule is C.CC1=C(C)CC=C1.CC1=CSCC1C.Cc1ccsc1C. The molecule has 0 saturated carbocycles. The maximum atomic E-state index is 2.27. The lowest BCUT2D eigenvalue weighted by atomic mass is 10.1. The normalized spacial score (nSPS) is 18.8. The quantitative estimate of drug-likeness (QED) is 0.471. The fourth-order valence-electron chi connectivity index (χ4n) is 1.74. The standard InChI is InChI=1S/C7H10.C6H10S.C6H8S.CH4/c1-6-4-3-5-7(6)2;1-5-3-7-4-6(5)2;1-5-3-4-7-6(5)2;/h3-4H,5H2,1-2H3;3,6H,4H2,1-2H3;3-4H,1-2H3;1H4. The van der Waals surface area contributed by atoms with Crippen LogP contribution < -0.4 is 0 Å². The van der Waals surface area contributed by atoms with Crippen molar-refractivity contribution in [3.8, 4) is 0 Å². The zero-order chi connectivity index (χ0) is 15.8. The molecule has 1 aliphatic heterocycles. The van der Waals surface area contributed by atoms with Gasteiger partial charge in [-0.15, -0.1) is 23.1 Å². The molecule has 0 radical (unpaired) electrons. The molecule has 3 rings (SSSR count).